The predicted octanol–water partition coefficient (Wildman–Crippen LogP) is 8.97. The Morgan fingerprint density at radius 3 is 2.28 bits per heavy atom. The van der Waals surface area contributed by atoms with E-state index in [-0.39, 0.29) is 27.7 Å². The number of thioether (sulfide) groups is 1. The maximum absolute atomic E-state index is 13.9. The fraction of sp³-hybridized carbons (Fsp3) is 0.185. The molecule has 0 N–H and O–H groups in total. The number of rotatable bonds is 6. The third-order valence-corrected chi connectivity index (χ3v) is 8.07. The lowest BCUT2D eigenvalue weighted by molar-refractivity contribution is -0.138. The average Bonchev–Trinajstić information content (AvgIpc) is 3.35. The van der Waals surface area contributed by atoms with Gasteiger partial charge in [0, 0.05) is 14.8 Å². The zero-order valence-corrected chi connectivity index (χ0v) is 22.3. The molecule has 2 aromatic carbocycles. The summed E-state index contributed by atoms with van der Waals surface area (Å²) in [4.78, 5) is 14.2. The van der Waals surface area contributed by atoms with Crippen LogP contribution in [0.15, 0.2) is 70.4 Å². The van der Waals surface area contributed by atoms with Crippen LogP contribution in [0.3, 0.4) is 0 Å². The summed E-state index contributed by atoms with van der Waals surface area (Å²) in [6.07, 6.45) is -9.58. The molecule has 0 aliphatic heterocycles. The Morgan fingerprint density at radius 2 is 1.67 bits per heavy atom. The van der Waals surface area contributed by atoms with Gasteiger partial charge in [0.15, 0.2) is 0 Å². The van der Waals surface area contributed by atoms with Crippen LogP contribution in [0, 0.1) is 11.3 Å². The van der Waals surface area contributed by atoms with Crippen molar-refractivity contribution in [2.75, 3.05) is 5.75 Å². The molecule has 0 spiro atoms. The molecule has 0 fully saturated rings. The highest BCUT2D eigenvalue weighted by Gasteiger charge is 2.37. The van der Waals surface area contributed by atoms with Crippen LogP contribution in [0.25, 0.3) is 21.0 Å². The third-order valence-electron chi connectivity index (χ3n) is 5.69. The fourth-order valence-electron chi connectivity index (χ4n) is 3.92. The van der Waals surface area contributed by atoms with Gasteiger partial charge in [-0.05, 0) is 59.3 Å². The van der Waals surface area contributed by atoms with Crippen molar-refractivity contribution in [1.29, 1.82) is 5.26 Å². The molecule has 0 unspecified atom stereocenters. The molecule has 12 heteroatoms. The largest absolute Gasteiger partial charge is 0.417 e. The Kier molecular flexibility index (Phi) is 8.21. The van der Waals surface area contributed by atoms with E-state index in [1.807, 2.05) is 0 Å². The van der Waals surface area contributed by atoms with E-state index in [1.165, 1.54) is 30.0 Å². The van der Waals surface area contributed by atoms with Crippen molar-refractivity contribution in [1.82, 2.24) is 4.57 Å². The van der Waals surface area contributed by atoms with Crippen LogP contribution in [0.1, 0.15) is 29.2 Å². The zero-order chi connectivity index (χ0) is 28.5. The number of aromatic nitrogens is 1. The van der Waals surface area contributed by atoms with Gasteiger partial charge in [-0.2, -0.15) is 31.6 Å². The standard InChI is InChI=1S/C27H17ClF6N2OS2/c1-2-38-18-10-16(9-17(11-18)26(29,30)31)23-7-8-24(39-23)22-12-20(27(32,33)34)19(13-35)25(37)36(22)14-15-5-3-4-6-21(15)28/h3-12H,2,14H2,1H3. The van der Waals surface area contributed by atoms with Gasteiger partial charge in [0.05, 0.1) is 28.2 Å². The van der Waals surface area contributed by atoms with Crippen LogP contribution >= 0.6 is 34.7 Å². The van der Waals surface area contributed by atoms with Gasteiger partial charge < -0.3 is 4.57 Å². The molecule has 0 atom stereocenters. The first-order valence-corrected chi connectivity index (χ1v) is 13.5. The van der Waals surface area contributed by atoms with Crippen molar-refractivity contribution < 1.29 is 26.3 Å². The summed E-state index contributed by atoms with van der Waals surface area (Å²) in [5.74, 6) is 0.538. The number of hydrogen-bond acceptors (Lipinski definition) is 4. The van der Waals surface area contributed by atoms with E-state index in [0.717, 1.165) is 34.1 Å². The predicted molar refractivity (Wildman–Crippen MR) is 141 cm³/mol. The first-order valence-electron chi connectivity index (χ1n) is 11.3. The van der Waals surface area contributed by atoms with Gasteiger partial charge in [0.1, 0.15) is 11.6 Å². The van der Waals surface area contributed by atoms with Crippen LogP contribution in [-0.2, 0) is 18.9 Å². The summed E-state index contributed by atoms with van der Waals surface area (Å²) in [5, 5.41) is 9.67. The fourth-order valence-corrected chi connectivity index (χ4v) is 5.89. The molecule has 0 aliphatic carbocycles. The lowest BCUT2D eigenvalue weighted by Gasteiger charge is -2.17. The molecule has 3 nitrogen and oxygen atoms in total. The molecule has 4 rings (SSSR count). The van der Waals surface area contributed by atoms with E-state index in [0.29, 0.717) is 21.1 Å². The normalized spacial score (nSPS) is 12.0. The number of thiophene rings is 1. The van der Waals surface area contributed by atoms with Crippen LogP contribution in [0.2, 0.25) is 5.02 Å². The lowest BCUT2D eigenvalue weighted by Crippen LogP contribution is -2.28. The van der Waals surface area contributed by atoms with E-state index < -0.39 is 34.6 Å². The second-order valence-corrected chi connectivity index (χ2v) is 11.1. The Hall–Kier alpha value is -3.20. The van der Waals surface area contributed by atoms with Gasteiger partial charge >= 0.3 is 12.4 Å². The average molecular weight is 599 g/mol. The lowest BCUT2D eigenvalue weighted by atomic mass is 10.1. The van der Waals surface area contributed by atoms with E-state index in [2.05, 4.69) is 0 Å². The van der Waals surface area contributed by atoms with Crippen LogP contribution in [0.4, 0.5) is 26.3 Å². The highest BCUT2D eigenvalue weighted by Crippen LogP contribution is 2.41. The van der Waals surface area contributed by atoms with E-state index in [1.54, 1.807) is 37.3 Å². The van der Waals surface area contributed by atoms with Gasteiger partial charge in [-0.3, -0.25) is 4.79 Å². The second-order valence-electron chi connectivity index (χ2n) is 8.25. The minimum Gasteiger partial charge on any atom is -0.302 e. The van der Waals surface area contributed by atoms with Gasteiger partial charge in [-0.15, -0.1) is 23.1 Å². The highest BCUT2D eigenvalue weighted by atomic mass is 35.5. The number of nitriles is 1. The topological polar surface area (TPSA) is 45.8 Å². The summed E-state index contributed by atoms with van der Waals surface area (Å²) in [6.45, 7) is 1.57. The molecule has 2 aromatic heterocycles. The van der Waals surface area contributed by atoms with Gasteiger partial charge in [-0.25, -0.2) is 0 Å². The molecule has 0 aliphatic rings. The minimum absolute atomic E-state index is 0.141. The van der Waals surface area contributed by atoms with Gasteiger partial charge in [0.25, 0.3) is 5.56 Å². The summed E-state index contributed by atoms with van der Waals surface area (Å²) in [5.41, 5.74) is -3.93. The van der Waals surface area contributed by atoms with Crippen LogP contribution in [-0.4, -0.2) is 10.3 Å². The second kappa shape index (κ2) is 11.1. The number of nitrogens with zero attached hydrogens (tertiary/aromatic N) is 2. The maximum atomic E-state index is 13.9. The number of halogens is 7. The molecule has 0 amide bonds. The molecule has 2 heterocycles. The maximum Gasteiger partial charge on any atom is 0.417 e. The van der Waals surface area contributed by atoms with Crippen molar-refractivity contribution in [2.45, 2.75) is 30.7 Å². The van der Waals surface area contributed by atoms with E-state index in [4.69, 9.17) is 11.6 Å². The Bertz CT molecular complexity index is 1630. The van der Waals surface area contributed by atoms with Crippen molar-refractivity contribution in [3.63, 3.8) is 0 Å². The van der Waals surface area contributed by atoms with Gasteiger partial charge in [0.2, 0.25) is 0 Å². The van der Waals surface area contributed by atoms with Crippen molar-refractivity contribution in [3.05, 3.63) is 98.3 Å². The first-order chi connectivity index (χ1) is 18.3. The number of pyridine rings is 1. The monoisotopic (exact) mass is 598 g/mol. The SMILES string of the molecule is CCSc1cc(-c2ccc(-c3cc(C(F)(F)F)c(C#N)c(=O)n3Cc3ccccc3Cl)s2)cc(C(F)(F)F)c1. The minimum atomic E-state index is -4.99. The van der Waals surface area contributed by atoms with Crippen LogP contribution in [0.5, 0.6) is 0 Å². The quantitative estimate of drug-likeness (QED) is 0.164. The number of benzene rings is 2. The molecule has 0 radical (unpaired) electrons. The molecule has 0 saturated heterocycles. The van der Waals surface area contributed by atoms with Crippen molar-refractivity contribution in [3.8, 4) is 27.1 Å². The van der Waals surface area contributed by atoms with Crippen molar-refractivity contribution >= 4 is 34.7 Å². The van der Waals surface area contributed by atoms with Crippen LogP contribution < -0.4 is 5.56 Å². The summed E-state index contributed by atoms with van der Waals surface area (Å²) < 4.78 is 83.2. The van der Waals surface area contributed by atoms with E-state index >= 15 is 0 Å². The van der Waals surface area contributed by atoms with E-state index in [9.17, 15) is 36.4 Å². The van der Waals surface area contributed by atoms with Gasteiger partial charge in [-0.1, -0.05) is 36.7 Å². The Labute approximate surface area is 232 Å². The number of hydrogen-bond donors (Lipinski definition) is 0. The molecule has 0 bridgehead atoms. The molecule has 0 saturated carbocycles. The summed E-state index contributed by atoms with van der Waals surface area (Å²) >= 11 is 8.39. The molecule has 39 heavy (non-hydrogen) atoms. The first kappa shape index (κ1) is 28.8. The van der Waals surface area contributed by atoms with Crippen molar-refractivity contribution in [2.24, 2.45) is 0 Å². The summed E-state index contributed by atoms with van der Waals surface area (Å²) in [7, 11) is 0. The highest BCUT2D eigenvalue weighted by molar-refractivity contribution is 7.99. The molecular formula is C27H17ClF6N2OS2. The number of alkyl halides is 6. The smallest absolute Gasteiger partial charge is 0.302 e. The summed E-state index contributed by atoms with van der Waals surface area (Å²) in [6, 6.07) is 15.1. The Balaban J connectivity index is 1.93. The zero-order valence-electron chi connectivity index (χ0n) is 20.0. The molecule has 202 valence electrons. The third kappa shape index (κ3) is 6.19. The molecular weight excluding hydrogens is 582 g/mol. The Morgan fingerprint density at radius 1 is 0.974 bits per heavy atom. The molecule has 4 aromatic rings.